The zero-order valence-corrected chi connectivity index (χ0v) is 45.6. The third-order valence-corrected chi connectivity index (χ3v) is 19.5. The summed E-state index contributed by atoms with van der Waals surface area (Å²) in [5.74, 6) is -5.74. The molecule has 0 aromatic heterocycles. The third-order valence-electron chi connectivity index (χ3n) is 16.9. The van der Waals surface area contributed by atoms with Crippen LogP contribution in [0.3, 0.4) is 0 Å². The Balaban J connectivity index is 0.00000146. The van der Waals surface area contributed by atoms with Crippen LogP contribution in [0.2, 0.25) is 0 Å². The van der Waals surface area contributed by atoms with Gasteiger partial charge in [-0.25, -0.2) is 9.59 Å². The molecule has 0 bridgehead atoms. The van der Waals surface area contributed by atoms with Crippen LogP contribution in [0.15, 0.2) is 16.6 Å². The van der Waals surface area contributed by atoms with Crippen molar-refractivity contribution in [3.05, 3.63) is 11.6 Å². The molecular formula is C52H78F3N7O13S2. The molecule has 2 heterocycles. The Morgan fingerprint density at radius 3 is 2.29 bits per heavy atom. The summed E-state index contributed by atoms with van der Waals surface area (Å²) in [7, 11) is 0. The number of amides is 4. The molecule has 0 spiro atoms. The summed E-state index contributed by atoms with van der Waals surface area (Å²) >= 11 is 2.89. The highest BCUT2D eigenvalue weighted by atomic mass is 32.2. The van der Waals surface area contributed by atoms with Crippen LogP contribution in [0, 0.1) is 34.5 Å². The van der Waals surface area contributed by atoms with Gasteiger partial charge in [-0.2, -0.15) is 24.9 Å². The fourth-order valence-corrected chi connectivity index (χ4v) is 15.3. The minimum absolute atomic E-state index is 0.00532. The van der Waals surface area contributed by atoms with Crippen LogP contribution in [0.4, 0.5) is 18.0 Å². The number of alkyl halides is 3. The molecule has 5 fully saturated rings. The first-order valence-corrected chi connectivity index (χ1v) is 29.0. The van der Waals surface area contributed by atoms with Crippen molar-refractivity contribution in [3.63, 3.8) is 0 Å². The van der Waals surface area contributed by atoms with Crippen LogP contribution in [0.5, 0.6) is 0 Å². The van der Waals surface area contributed by atoms with Gasteiger partial charge in [-0.1, -0.05) is 38.7 Å². The van der Waals surface area contributed by atoms with Crippen LogP contribution in [-0.4, -0.2) is 146 Å². The van der Waals surface area contributed by atoms with E-state index in [2.05, 4.69) is 27.9 Å². The Kier molecular flexibility index (Phi) is 22.9. The summed E-state index contributed by atoms with van der Waals surface area (Å²) in [6.07, 6.45) is 6.56. The first-order valence-electron chi connectivity index (χ1n) is 26.8. The summed E-state index contributed by atoms with van der Waals surface area (Å²) in [4.78, 5) is 115. The highest BCUT2D eigenvalue weighted by Gasteiger charge is 2.68. The van der Waals surface area contributed by atoms with Gasteiger partial charge in [-0.05, 0) is 106 Å². The van der Waals surface area contributed by atoms with Crippen molar-refractivity contribution >= 4 is 82.4 Å². The number of rotatable bonds is 28. The fourth-order valence-electron chi connectivity index (χ4n) is 12.8. The Morgan fingerprint density at radius 1 is 0.948 bits per heavy atom. The van der Waals surface area contributed by atoms with Gasteiger partial charge in [0.15, 0.2) is 24.1 Å². The van der Waals surface area contributed by atoms with Crippen molar-refractivity contribution in [3.8, 4) is 0 Å². The molecule has 2 aliphatic heterocycles. The van der Waals surface area contributed by atoms with E-state index in [4.69, 9.17) is 31.8 Å². The number of urea groups is 1. The molecule has 3 saturated carbocycles. The number of aliphatic imine (C=N–C) groups is 1. The van der Waals surface area contributed by atoms with Crippen LogP contribution in [0.25, 0.3) is 0 Å². The van der Waals surface area contributed by atoms with E-state index in [9.17, 15) is 61.7 Å². The molecule has 2 saturated heterocycles. The number of esters is 1. The van der Waals surface area contributed by atoms with Crippen LogP contribution in [-0.2, 0) is 43.1 Å². The normalized spacial score (nSPS) is 29.8. The molecule has 0 aromatic rings. The summed E-state index contributed by atoms with van der Waals surface area (Å²) in [5, 5.41) is 40.0. The number of hydrogen-bond donors (Lipinski definition) is 9. The number of aliphatic hydroxyl groups excluding tert-OH is 1. The average Bonchev–Trinajstić information content (AvgIpc) is 4.00. The maximum atomic E-state index is 13.8. The number of ketones is 4. The number of carboxylic acid groups (broad SMARTS) is 1. The third kappa shape index (κ3) is 16.7. The Labute approximate surface area is 455 Å². The van der Waals surface area contributed by atoms with Crippen molar-refractivity contribution < 1.29 is 76.4 Å². The predicted octanol–water partition coefficient (Wildman–Crippen LogP) is 3.93. The Hall–Kier alpha value is -4.75. The molecule has 0 radical (unpaired) electrons. The van der Waals surface area contributed by atoms with Gasteiger partial charge in [0.25, 0.3) is 0 Å². The number of allylic oxidation sites excluding steroid dienone is 1. The number of aliphatic carboxylic acids is 1. The van der Waals surface area contributed by atoms with Crippen LogP contribution < -0.4 is 33.2 Å². The lowest BCUT2D eigenvalue weighted by atomic mass is 9.45. The van der Waals surface area contributed by atoms with Gasteiger partial charge in [0.2, 0.25) is 17.6 Å². The van der Waals surface area contributed by atoms with E-state index in [0.29, 0.717) is 50.2 Å². The number of hydrogen-bond acceptors (Lipinski definition) is 15. The number of thioether (sulfide) groups is 2. The molecule has 12 N–H and O–H groups in total. The molecule has 0 unspecified atom stereocenters. The molecule has 4 amide bonds. The molecule has 0 aromatic carbocycles. The first-order chi connectivity index (χ1) is 36.2. The number of nitrogens with zero attached hydrogens (tertiary/aromatic N) is 1. The van der Waals surface area contributed by atoms with Gasteiger partial charge in [0.1, 0.15) is 11.4 Å². The second kappa shape index (κ2) is 27.9. The van der Waals surface area contributed by atoms with E-state index >= 15 is 0 Å². The summed E-state index contributed by atoms with van der Waals surface area (Å²) < 4.78 is 37.1. The largest absolute Gasteiger partial charge is 0.490 e. The van der Waals surface area contributed by atoms with Crippen molar-refractivity contribution in [2.24, 2.45) is 56.7 Å². The molecule has 6 aliphatic rings. The number of halogens is 3. The van der Waals surface area contributed by atoms with Gasteiger partial charge in [0, 0.05) is 60.8 Å². The van der Waals surface area contributed by atoms with E-state index < -0.39 is 71.3 Å². The van der Waals surface area contributed by atoms with E-state index in [1.54, 1.807) is 6.08 Å². The zero-order chi connectivity index (χ0) is 56.9. The summed E-state index contributed by atoms with van der Waals surface area (Å²) in [5.41, 5.74) is 14.7. The molecule has 6 rings (SSSR count). The second-order valence-corrected chi connectivity index (χ2v) is 24.3. The van der Waals surface area contributed by atoms with Crippen molar-refractivity contribution in [1.29, 1.82) is 0 Å². The number of nitrogens with one attached hydrogen (secondary N) is 3. The Morgan fingerprint density at radius 2 is 1.62 bits per heavy atom. The standard InChI is InChI=1S/C50H77N7O11S2.C2HF3O2/c1-48-19-17-32(59)23-30(48)15-16-33-34-18-20-50(67,49(34,2)24-38(61)43(33)48)40(62)25-68-42(64)28-69-26-29(45(51)65)22-37(60)35(12-9-21-54-46(52)53)55-41(63)14-6-4-3-5-10-31(58)11-7-8-13-39-44-36(27-70-39)56-47(66)57-44;3-2(4,5)1(6)7/h23,29,33-36,38-39,43-44,61,67H,3-22,24-28H2,1-2H3,(H2,51,65)(H,55,63)(H4,52,53,54)(H2,56,57,66);(H,6,7)/t29-,33-,34-,35+,36-,38-,39-,43+,44-,48-,49-,50-;/m0./s1. The molecule has 432 valence electrons. The van der Waals surface area contributed by atoms with Gasteiger partial charge < -0.3 is 53.2 Å². The lowest BCUT2D eigenvalue weighted by molar-refractivity contribution is -0.192. The number of guanidine groups is 1. The number of carboxylic acids is 1. The number of carbonyl (C=O) groups excluding carboxylic acids is 8. The second-order valence-electron chi connectivity index (χ2n) is 22.0. The first kappa shape index (κ1) is 63.1. The molecule has 77 heavy (non-hydrogen) atoms. The molecular weight excluding hydrogens is 1050 g/mol. The smallest absolute Gasteiger partial charge is 0.475 e. The van der Waals surface area contributed by atoms with E-state index in [0.717, 1.165) is 74.5 Å². The number of primary amides is 1. The number of Topliss-reactive ketones (excluding diaryl/α,β-unsaturated/α-hetero) is 3. The average molecular weight is 1130 g/mol. The van der Waals surface area contributed by atoms with Gasteiger partial charge >= 0.3 is 24.1 Å². The molecule has 25 heteroatoms. The highest BCUT2D eigenvalue weighted by molar-refractivity contribution is 8.00. The predicted molar refractivity (Wildman–Crippen MR) is 281 cm³/mol. The zero-order valence-electron chi connectivity index (χ0n) is 44.0. The quantitative estimate of drug-likeness (QED) is 0.0176. The molecule has 20 nitrogen and oxygen atoms in total. The fraction of sp³-hybridized carbons (Fsp3) is 0.769. The van der Waals surface area contributed by atoms with Gasteiger partial charge in [-0.3, -0.25) is 38.6 Å². The summed E-state index contributed by atoms with van der Waals surface area (Å²) in [6.45, 7) is 3.57. The monoisotopic (exact) mass is 1130 g/mol. The topological polar surface area (TPSA) is 350 Å². The lowest BCUT2D eigenvalue weighted by Gasteiger charge is -2.60. The highest BCUT2D eigenvalue weighted by Crippen LogP contribution is 2.67. The van der Waals surface area contributed by atoms with Crippen LogP contribution in [0.1, 0.15) is 142 Å². The number of unbranched alkanes of at least 4 members (excludes halogenated alkanes) is 4. The minimum atomic E-state index is -5.08. The maximum absolute atomic E-state index is 13.8. The lowest BCUT2D eigenvalue weighted by Crippen LogP contribution is -2.62. The number of nitrogens with two attached hydrogens (primary N) is 3. The van der Waals surface area contributed by atoms with Crippen molar-refractivity contribution in [2.45, 2.75) is 184 Å². The number of aliphatic hydroxyl groups is 2. The van der Waals surface area contributed by atoms with E-state index in [1.165, 1.54) is 0 Å². The molecule has 12 atom stereocenters. The SMILES string of the molecule is C[C@]12CCC(=O)C=C1CC[C@@H]1[C@@H]2[C@@H](O)C[C@@]2(C)[C@H]1CC[C@]2(O)C(=O)COC(=O)CSC[C@H](CC(=O)[C@@H](CCCN=C(N)N)NC(=O)CCCCCCC(=O)CCCC[C@@H]1SC[C@@H]2NC(=O)N[C@@H]21)C(N)=O.O=C(O)C(F)(F)F. The van der Waals surface area contributed by atoms with Gasteiger partial charge in [-0.15, -0.1) is 11.8 Å². The number of carbonyl (C=O) groups is 9. The van der Waals surface area contributed by atoms with Crippen molar-refractivity contribution in [2.75, 3.05) is 30.4 Å². The van der Waals surface area contributed by atoms with Crippen LogP contribution >= 0.6 is 23.5 Å². The number of ether oxygens (including phenoxy) is 1. The maximum Gasteiger partial charge on any atom is 0.490 e. The minimum Gasteiger partial charge on any atom is -0.475 e. The number of fused-ring (bicyclic) bond motifs is 6. The summed E-state index contributed by atoms with van der Waals surface area (Å²) in [6, 6.07) is -0.665. The Bertz CT molecular complexity index is 2250. The van der Waals surface area contributed by atoms with Crippen molar-refractivity contribution in [1.82, 2.24) is 16.0 Å². The van der Waals surface area contributed by atoms with Gasteiger partial charge in [0.05, 0.1) is 35.9 Å². The van der Waals surface area contributed by atoms with E-state index in [-0.39, 0.29) is 115 Å². The van der Waals surface area contributed by atoms with E-state index in [1.807, 2.05) is 18.7 Å². The molecule has 4 aliphatic carbocycles.